The minimum atomic E-state index is 0.190. The molecule has 6 heteroatoms. The van der Waals surface area contributed by atoms with Crippen molar-refractivity contribution >= 4 is 11.6 Å². The van der Waals surface area contributed by atoms with Gasteiger partial charge in [0.1, 0.15) is 0 Å². The highest BCUT2D eigenvalue weighted by molar-refractivity contribution is 5.76. The number of piperazine rings is 1. The second-order valence-electron chi connectivity index (χ2n) is 3.92. The summed E-state index contributed by atoms with van der Waals surface area (Å²) in [5.74, 6) is 0.190. The molecule has 1 aromatic heterocycles. The van der Waals surface area contributed by atoms with Crippen molar-refractivity contribution in [3.05, 3.63) is 12.4 Å². The molecule has 16 heavy (non-hydrogen) atoms. The molecule has 0 aliphatic carbocycles. The molecule has 0 saturated carbocycles. The van der Waals surface area contributed by atoms with E-state index in [9.17, 15) is 4.79 Å². The number of carbonyl (C=O) groups excluding carboxylic acids is 1. The van der Waals surface area contributed by atoms with Crippen LogP contribution in [0, 0.1) is 0 Å². The fourth-order valence-corrected chi connectivity index (χ4v) is 1.78. The predicted molar refractivity (Wildman–Crippen MR) is 60.7 cm³/mol. The Labute approximate surface area is 94.4 Å². The second-order valence-corrected chi connectivity index (χ2v) is 3.92. The van der Waals surface area contributed by atoms with Gasteiger partial charge in [0.2, 0.25) is 5.91 Å². The van der Waals surface area contributed by atoms with Crippen molar-refractivity contribution in [1.82, 2.24) is 20.0 Å². The van der Waals surface area contributed by atoms with Crippen molar-refractivity contribution < 1.29 is 4.79 Å². The summed E-state index contributed by atoms with van der Waals surface area (Å²) >= 11 is 0. The van der Waals surface area contributed by atoms with Crippen LogP contribution in [-0.2, 0) is 11.3 Å². The average molecular weight is 223 g/mol. The van der Waals surface area contributed by atoms with Gasteiger partial charge < -0.3 is 16.0 Å². The molecule has 1 fully saturated rings. The number of rotatable bonds is 3. The van der Waals surface area contributed by atoms with E-state index in [2.05, 4.69) is 10.4 Å². The van der Waals surface area contributed by atoms with Crippen LogP contribution in [0.4, 0.5) is 5.69 Å². The Hall–Kier alpha value is -1.56. The largest absolute Gasteiger partial charge is 0.396 e. The monoisotopic (exact) mass is 223 g/mol. The van der Waals surface area contributed by atoms with Crippen LogP contribution in [-0.4, -0.2) is 46.8 Å². The summed E-state index contributed by atoms with van der Waals surface area (Å²) in [7, 11) is 0. The van der Waals surface area contributed by atoms with E-state index in [0.29, 0.717) is 18.7 Å². The second kappa shape index (κ2) is 4.98. The molecule has 1 aliphatic rings. The molecule has 0 aromatic carbocycles. The van der Waals surface area contributed by atoms with Crippen molar-refractivity contribution in [1.29, 1.82) is 0 Å². The summed E-state index contributed by atoms with van der Waals surface area (Å²) < 4.78 is 1.70. The van der Waals surface area contributed by atoms with E-state index in [-0.39, 0.29) is 5.91 Å². The van der Waals surface area contributed by atoms with Gasteiger partial charge in [-0.15, -0.1) is 0 Å². The zero-order chi connectivity index (χ0) is 11.4. The van der Waals surface area contributed by atoms with Gasteiger partial charge in [0, 0.05) is 45.3 Å². The number of nitrogens with two attached hydrogens (primary N) is 1. The first-order chi connectivity index (χ1) is 7.75. The van der Waals surface area contributed by atoms with Crippen molar-refractivity contribution in [3.63, 3.8) is 0 Å². The molecule has 1 aromatic rings. The quantitative estimate of drug-likeness (QED) is 0.709. The molecule has 0 atom stereocenters. The topological polar surface area (TPSA) is 76.2 Å². The van der Waals surface area contributed by atoms with E-state index in [0.717, 1.165) is 26.2 Å². The molecule has 0 bridgehead atoms. The van der Waals surface area contributed by atoms with E-state index in [1.807, 2.05) is 4.90 Å². The number of hydrogen-bond acceptors (Lipinski definition) is 4. The lowest BCUT2D eigenvalue weighted by atomic mass is 10.3. The van der Waals surface area contributed by atoms with Crippen molar-refractivity contribution in [2.45, 2.75) is 13.0 Å². The third-order valence-electron chi connectivity index (χ3n) is 2.68. The third kappa shape index (κ3) is 2.73. The lowest BCUT2D eigenvalue weighted by molar-refractivity contribution is -0.132. The minimum absolute atomic E-state index is 0.190. The van der Waals surface area contributed by atoms with Crippen LogP contribution in [0.15, 0.2) is 12.4 Å². The third-order valence-corrected chi connectivity index (χ3v) is 2.68. The summed E-state index contributed by atoms with van der Waals surface area (Å²) in [6.45, 7) is 3.99. The van der Waals surface area contributed by atoms with Crippen molar-refractivity contribution in [2.75, 3.05) is 31.9 Å². The Morgan fingerprint density at radius 3 is 2.88 bits per heavy atom. The smallest absolute Gasteiger partial charge is 0.224 e. The minimum Gasteiger partial charge on any atom is -0.396 e. The number of aryl methyl sites for hydroxylation is 1. The van der Waals surface area contributed by atoms with Crippen LogP contribution in [0.25, 0.3) is 0 Å². The van der Waals surface area contributed by atoms with E-state index in [1.54, 1.807) is 17.1 Å². The Balaban J connectivity index is 1.78. The van der Waals surface area contributed by atoms with Gasteiger partial charge >= 0.3 is 0 Å². The molecule has 0 unspecified atom stereocenters. The standard InChI is InChI=1S/C10H17N5O/c11-9-7-13-15(8-9)4-1-10(16)14-5-2-12-3-6-14/h7-8,12H,1-6,11H2. The average Bonchev–Trinajstić information content (AvgIpc) is 2.73. The Morgan fingerprint density at radius 1 is 1.50 bits per heavy atom. The first-order valence-corrected chi connectivity index (χ1v) is 5.52. The summed E-state index contributed by atoms with van der Waals surface area (Å²) in [4.78, 5) is 13.7. The first-order valence-electron chi connectivity index (χ1n) is 5.52. The van der Waals surface area contributed by atoms with E-state index >= 15 is 0 Å². The number of nitrogen functional groups attached to an aromatic ring is 1. The zero-order valence-electron chi connectivity index (χ0n) is 9.22. The summed E-state index contributed by atoms with van der Waals surface area (Å²) in [5, 5.41) is 7.26. The highest BCUT2D eigenvalue weighted by Gasteiger charge is 2.15. The number of nitrogens with zero attached hydrogens (tertiary/aromatic N) is 3. The molecule has 1 aliphatic heterocycles. The number of carbonyl (C=O) groups is 1. The maximum atomic E-state index is 11.8. The number of nitrogens with one attached hydrogen (secondary N) is 1. The first kappa shape index (κ1) is 10.9. The van der Waals surface area contributed by atoms with Crippen molar-refractivity contribution in [3.8, 4) is 0 Å². The summed E-state index contributed by atoms with van der Waals surface area (Å²) in [5.41, 5.74) is 6.17. The van der Waals surface area contributed by atoms with E-state index < -0.39 is 0 Å². The van der Waals surface area contributed by atoms with Gasteiger partial charge in [-0.3, -0.25) is 9.48 Å². The lowest BCUT2D eigenvalue weighted by Crippen LogP contribution is -2.46. The van der Waals surface area contributed by atoms with Crippen molar-refractivity contribution in [2.24, 2.45) is 0 Å². The maximum Gasteiger partial charge on any atom is 0.224 e. The van der Waals surface area contributed by atoms with Crippen LogP contribution < -0.4 is 11.1 Å². The van der Waals surface area contributed by atoms with E-state index in [1.165, 1.54) is 0 Å². The fourth-order valence-electron chi connectivity index (χ4n) is 1.78. The lowest BCUT2D eigenvalue weighted by Gasteiger charge is -2.27. The molecular weight excluding hydrogens is 206 g/mol. The molecule has 1 amide bonds. The Morgan fingerprint density at radius 2 is 2.25 bits per heavy atom. The summed E-state index contributed by atoms with van der Waals surface area (Å²) in [6.07, 6.45) is 3.82. The number of aromatic nitrogens is 2. The molecule has 3 N–H and O–H groups in total. The molecule has 2 heterocycles. The van der Waals surface area contributed by atoms with Gasteiger partial charge in [0.25, 0.3) is 0 Å². The molecule has 6 nitrogen and oxygen atoms in total. The predicted octanol–water partition coefficient (Wildman–Crippen LogP) is -0.713. The van der Waals surface area contributed by atoms with Gasteiger partial charge in [-0.25, -0.2) is 0 Å². The molecule has 88 valence electrons. The molecule has 0 spiro atoms. The van der Waals surface area contributed by atoms with Gasteiger partial charge in [-0.1, -0.05) is 0 Å². The number of anilines is 1. The maximum absolute atomic E-state index is 11.8. The van der Waals surface area contributed by atoms with Gasteiger partial charge in [0.05, 0.1) is 11.9 Å². The summed E-state index contributed by atoms with van der Waals surface area (Å²) in [6, 6.07) is 0. The van der Waals surface area contributed by atoms with Crippen LogP contribution >= 0.6 is 0 Å². The molecule has 0 radical (unpaired) electrons. The highest BCUT2D eigenvalue weighted by atomic mass is 16.2. The zero-order valence-corrected chi connectivity index (χ0v) is 9.22. The molecular formula is C10H17N5O. The number of amides is 1. The van der Waals surface area contributed by atoms with E-state index in [4.69, 9.17) is 5.73 Å². The van der Waals surface area contributed by atoms with Gasteiger partial charge in [-0.05, 0) is 0 Å². The van der Waals surface area contributed by atoms with Crippen LogP contribution in [0.3, 0.4) is 0 Å². The van der Waals surface area contributed by atoms with Gasteiger partial charge in [0.15, 0.2) is 0 Å². The van der Waals surface area contributed by atoms with Crippen LogP contribution in [0.2, 0.25) is 0 Å². The van der Waals surface area contributed by atoms with Crippen LogP contribution in [0.5, 0.6) is 0 Å². The highest BCUT2D eigenvalue weighted by Crippen LogP contribution is 2.02. The normalized spacial score (nSPS) is 16.4. The fraction of sp³-hybridized carbons (Fsp3) is 0.600. The molecule has 2 rings (SSSR count). The Bertz CT molecular complexity index is 356. The SMILES string of the molecule is Nc1cnn(CCC(=O)N2CCNCC2)c1. The number of hydrogen-bond donors (Lipinski definition) is 2. The Kier molecular flexibility index (Phi) is 3.40. The van der Waals surface area contributed by atoms with Crippen LogP contribution in [0.1, 0.15) is 6.42 Å². The van der Waals surface area contributed by atoms with Gasteiger partial charge in [-0.2, -0.15) is 5.10 Å². The molecule has 1 saturated heterocycles.